The van der Waals surface area contributed by atoms with Gasteiger partial charge in [-0.2, -0.15) is 0 Å². The number of methoxy groups -OCH3 is 1. The second-order valence-electron chi connectivity index (χ2n) is 18.5. The Morgan fingerprint density at radius 2 is 1.80 bits per heavy atom. The Bertz CT molecular complexity index is 2180. The van der Waals surface area contributed by atoms with Crippen LogP contribution in [0.5, 0.6) is 11.5 Å². The van der Waals surface area contributed by atoms with Crippen LogP contribution in [-0.4, -0.2) is 89.8 Å². The summed E-state index contributed by atoms with van der Waals surface area (Å²) in [6.45, 7) is 10.8. The molecule has 2 aliphatic carbocycles. The van der Waals surface area contributed by atoms with Gasteiger partial charge in [0.2, 0.25) is 21.8 Å². The molecule has 3 aliphatic heterocycles. The summed E-state index contributed by atoms with van der Waals surface area (Å²) < 4.78 is 63.1. The molecule has 5 aliphatic rings. The Kier molecular flexibility index (Phi) is 11.9. The molecule has 2 saturated carbocycles. The number of hydrogen-bond acceptors (Lipinski definition) is 10. The number of rotatable bonds is 8. The number of hydrogen-bond donors (Lipinski definition) is 3. The number of sulfonamides is 1. The van der Waals surface area contributed by atoms with Gasteiger partial charge in [0, 0.05) is 29.7 Å². The first-order valence-corrected chi connectivity index (χ1v) is 23.0. The van der Waals surface area contributed by atoms with E-state index in [1.807, 2.05) is 39.8 Å². The van der Waals surface area contributed by atoms with Crippen molar-refractivity contribution >= 4 is 44.7 Å². The highest BCUT2D eigenvalue weighted by Gasteiger charge is 2.60. The molecule has 16 heteroatoms. The molecule has 4 heterocycles. The SMILES string of the molecule is COc1ccc2nc(C(C)C)c3c(c2c1)[C@H](F)C[C@]1(C[C@H]2C(=O)N[C@]4(C(=O)NS(=O)(=O)C5(C)CC5)CC[C@H]4/C=C\CCCCC[C@H](NC(=O)O[C@@H](C)C(C)C)C(=O)N2C1)O3. The highest BCUT2D eigenvalue weighted by atomic mass is 32.2. The number of aromatic nitrogens is 1. The number of carbonyl (C=O) groups excluding carboxylic acids is 4. The van der Waals surface area contributed by atoms with E-state index in [-0.39, 0.29) is 49.8 Å². The zero-order valence-electron chi connectivity index (χ0n) is 35.8. The number of ether oxygens (including phenoxy) is 3. The number of alkyl halides is 1. The van der Waals surface area contributed by atoms with Gasteiger partial charge in [0.1, 0.15) is 47.0 Å². The molecule has 0 radical (unpaired) electrons. The van der Waals surface area contributed by atoms with Crippen molar-refractivity contribution in [2.24, 2.45) is 11.8 Å². The van der Waals surface area contributed by atoms with Gasteiger partial charge in [-0.15, -0.1) is 0 Å². The third-order valence-corrected chi connectivity index (χ3v) is 15.7. The highest BCUT2D eigenvalue weighted by molar-refractivity contribution is 7.91. The van der Waals surface area contributed by atoms with Gasteiger partial charge in [-0.25, -0.2) is 22.6 Å². The Labute approximate surface area is 352 Å². The quantitative estimate of drug-likeness (QED) is 0.251. The molecule has 0 unspecified atom stereocenters. The second-order valence-corrected chi connectivity index (χ2v) is 20.7. The van der Waals surface area contributed by atoms with Crippen molar-refractivity contribution in [3.05, 3.63) is 41.6 Å². The summed E-state index contributed by atoms with van der Waals surface area (Å²) in [6, 6.07) is 2.88. The van der Waals surface area contributed by atoms with E-state index in [0.717, 1.165) is 12.8 Å². The highest BCUT2D eigenvalue weighted by Crippen LogP contribution is 2.52. The predicted octanol–water partition coefficient (Wildman–Crippen LogP) is 6.42. The van der Waals surface area contributed by atoms with Crippen molar-refractivity contribution in [1.82, 2.24) is 25.2 Å². The van der Waals surface area contributed by atoms with Crippen LogP contribution in [0.15, 0.2) is 30.4 Å². The van der Waals surface area contributed by atoms with E-state index in [2.05, 4.69) is 15.4 Å². The first-order chi connectivity index (χ1) is 28.3. The normalized spacial score (nSPS) is 30.1. The van der Waals surface area contributed by atoms with Crippen molar-refractivity contribution in [2.45, 2.75) is 158 Å². The number of carbonyl (C=O) groups is 4. The Hall–Kier alpha value is -4.47. The van der Waals surface area contributed by atoms with Gasteiger partial charge in [0.15, 0.2) is 0 Å². The van der Waals surface area contributed by atoms with E-state index in [1.54, 1.807) is 32.0 Å². The summed E-state index contributed by atoms with van der Waals surface area (Å²) in [4.78, 5) is 63.6. The number of alkyl carbamates (subject to hydrolysis) is 1. The molecule has 1 aromatic carbocycles. The largest absolute Gasteiger partial charge is 0.497 e. The molecule has 3 fully saturated rings. The van der Waals surface area contributed by atoms with Gasteiger partial charge in [0.05, 0.1) is 29.6 Å². The van der Waals surface area contributed by atoms with Crippen LogP contribution in [0.4, 0.5) is 9.18 Å². The fourth-order valence-corrected chi connectivity index (χ4v) is 10.3. The molecule has 3 N–H and O–H groups in total. The summed E-state index contributed by atoms with van der Waals surface area (Å²) in [6.07, 6.45) is 5.14. The number of nitrogens with one attached hydrogen (secondary N) is 3. The van der Waals surface area contributed by atoms with Crippen molar-refractivity contribution in [3.63, 3.8) is 0 Å². The van der Waals surface area contributed by atoms with E-state index in [4.69, 9.17) is 19.2 Å². The second kappa shape index (κ2) is 16.4. The lowest BCUT2D eigenvalue weighted by Gasteiger charge is -2.48. The number of benzene rings is 1. The summed E-state index contributed by atoms with van der Waals surface area (Å²) >= 11 is 0. The summed E-state index contributed by atoms with van der Waals surface area (Å²) in [5.41, 5.74) is -1.62. The molecular formula is C44H60FN5O9S. The fraction of sp³-hybridized carbons (Fsp3) is 0.659. The van der Waals surface area contributed by atoms with Crippen LogP contribution in [0.2, 0.25) is 0 Å². The molecule has 1 aromatic heterocycles. The van der Waals surface area contributed by atoms with Gasteiger partial charge in [-0.3, -0.25) is 19.1 Å². The molecule has 14 nitrogen and oxygen atoms in total. The minimum absolute atomic E-state index is 0.0179. The van der Waals surface area contributed by atoms with Gasteiger partial charge in [-0.1, -0.05) is 52.7 Å². The van der Waals surface area contributed by atoms with Crippen molar-refractivity contribution in [1.29, 1.82) is 0 Å². The first kappa shape index (κ1) is 43.6. The van der Waals surface area contributed by atoms with Gasteiger partial charge >= 0.3 is 6.09 Å². The number of amides is 4. The number of halogens is 1. The average Bonchev–Trinajstić information content (AvgIpc) is 3.85. The number of pyridine rings is 1. The van der Waals surface area contributed by atoms with Crippen molar-refractivity contribution in [3.8, 4) is 11.5 Å². The monoisotopic (exact) mass is 853 g/mol. The predicted molar refractivity (Wildman–Crippen MR) is 223 cm³/mol. The van der Waals surface area contributed by atoms with Crippen molar-refractivity contribution < 1.29 is 46.2 Å². The molecule has 2 aromatic rings. The van der Waals surface area contributed by atoms with Gasteiger partial charge in [0.25, 0.3) is 5.91 Å². The molecule has 7 rings (SSSR count). The standard InChI is InChI=1S/C44H60FN5O9S/c1-25(2)27(5)58-41(54)47-33-14-12-10-8-9-11-13-28-17-18-44(28,40(53)49-60(55,56)42(6)19-20-42)48-38(51)34-23-43(24-50(34)39(33)52)22-31(45)35-30-21-29(57-7)15-16-32(30)46-36(26(3)4)37(35)59-43/h11,13,15-16,21,25-28,31,33-34H,8-10,12,14,17-20,22-24H2,1-7H3,(H,47,54)(H,48,51)(H,49,53)/b13-11-/t27-,28+,31+,33-,34-,43+,44+/m0/s1. The lowest BCUT2D eigenvalue weighted by molar-refractivity contribution is -0.144. The van der Waals surface area contributed by atoms with Crippen LogP contribution in [0, 0.1) is 11.8 Å². The smallest absolute Gasteiger partial charge is 0.408 e. The lowest BCUT2D eigenvalue weighted by atomic mass is 9.65. The first-order valence-electron chi connectivity index (χ1n) is 21.5. The molecular weight excluding hydrogens is 794 g/mol. The number of allylic oxidation sites excluding steroid dienone is 1. The van der Waals surface area contributed by atoms with Gasteiger partial charge in [-0.05, 0) is 88.8 Å². The zero-order chi connectivity index (χ0) is 43.4. The molecule has 0 bridgehead atoms. The third kappa shape index (κ3) is 8.16. The molecule has 60 heavy (non-hydrogen) atoms. The minimum Gasteiger partial charge on any atom is -0.497 e. The molecule has 4 amide bonds. The van der Waals surface area contributed by atoms with Crippen LogP contribution in [-0.2, 0) is 29.1 Å². The maximum Gasteiger partial charge on any atom is 0.408 e. The maximum atomic E-state index is 17.1. The van der Waals surface area contributed by atoms with Crippen LogP contribution in [0.1, 0.15) is 136 Å². The third-order valence-electron chi connectivity index (χ3n) is 13.5. The van der Waals surface area contributed by atoms with Crippen LogP contribution < -0.4 is 24.8 Å². The molecule has 1 spiro atoms. The Morgan fingerprint density at radius 1 is 1.05 bits per heavy atom. The maximum absolute atomic E-state index is 17.1. The Morgan fingerprint density at radius 3 is 2.45 bits per heavy atom. The van der Waals surface area contributed by atoms with E-state index in [0.29, 0.717) is 60.0 Å². The van der Waals surface area contributed by atoms with E-state index in [1.165, 1.54) is 12.0 Å². The molecule has 328 valence electrons. The van der Waals surface area contributed by atoms with Crippen molar-refractivity contribution in [2.75, 3.05) is 13.7 Å². The summed E-state index contributed by atoms with van der Waals surface area (Å²) in [5, 5.41) is 6.26. The topological polar surface area (TPSA) is 182 Å². The van der Waals surface area contributed by atoms with Crippen LogP contribution in [0.25, 0.3) is 10.9 Å². The average molecular weight is 854 g/mol. The molecule has 1 saturated heterocycles. The van der Waals surface area contributed by atoms with Crippen LogP contribution >= 0.6 is 0 Å². The van der Waals surface area contributed by atoms with E-state index >= 15 is 4.39 Å². The molecule has 7 atom stereocenters. The summed E-state index contributed by atoms with van der Waals surface area (Å²) in [5.74, 6) is -2.02. The van der Waals surface area contributed by atoms with Gasteiger partial charge < -0.3 is 29.7 Å². The summed E-state index contributed by atoms with van der Waals surface area (Å²) in [7, 11) is -2.53. The zero-order valence-corrected chi connectivity index (χ0v) is 36.6. The minimum atomic E-state index is -4.06. The fourth-order valence-electron chi connectivity index (χ4n) is 8.95. The Balaban J connectivity index is 1.29. The number of fused-ring (bicyclic) bond motifs is 5. The number of nitrogens with zero attached hydrogens (tertiary/aromatic N) is 2. The van der Waals surface area contributed by atoms with E-state index < -0.39 is 80.0 Å². The lowest BCUT2D eigenvalue weighted by Crippen LogP contribution is -2.70. The van der Waals surface area contributed by atoms with E-state index in [9.17, 15) is 27.6 Å². The van der Waals surface area contributed by atoms with Crippen LogP contribution in [0.3, 0.4) is 0 Å².